The second-order valence-corrected chi connectivity index (χ2v) is 6.27. The van der Waals surface area contributed by atoms with Crippen LogP contribution < -0.4 is 11.1 Å². The quantitative estimate of drug-likeness (QED) is 0.565. The van der Waals surface area contributed by atoms with Crippen LogP contribution in [0.4, 0.5) is 11.8 Å². The molecule has 0 unspecified atom stereocenters. The summed E-state index contributed by atoms with van der Waals surface area (Å²) >= 11 is 0. The van der Waals surface area contributed by atoms with E-state index in [1.54, 1.807) is 6.21 Å². The molecule has 0 aliphatic heterocycles. The lowest BCUT2D eigenvalue weighted by Gasteiger charge is -2.19. The third-order valence-corrected chi connectivity index (χ3v) is 4.31. The van der Waals surface area contributed by atoms with Gasteiger partial charge in [-0.3, -0.25) is 4.99 Å². The molecule has 2 heterocycles. The highest BCUT2D eigenvalue weighted by atomic mass is 16.3. The Morgan fingerprint density at radius 2 is 2.19 bits per heavy atom. The van der Waals surface area contributed by atoms with Gasteiger partial charge in [-0.2, -0.15) is 4.98 Å². The van der Waals surface area contributed by atoms with Gasteiger partial charge in [-0.05, 0) is 32.8 Å². The Balaban J connectivity index is 2.39. The van der Waals surface area contributed by atoms with Crippen molar-refractivity contribution in [1.82, 2.24) is 14.5 Å². The highest BCUT2D eigenvalue weighted by Gasteiger charge is 2.16. The largest absolute Gasteiger partial charge is 0.396 e. The van der Waals surface area contributed by atoms with E-state index in [1.807, 2.05) is 32.2 Å². The number of aromatic nitrogens is 3. The molecule has 0 fully saturated rings. The highest BCUT2D eigenvalue weighted by molar-refractivity contribution is 5.87. The fourth-order valence-corrected chi connectivity index (χ4v) is 2.99. The second-order valence-electron chi connectivity index (χ2n) is 6.27. The Morgan fingerprint density at radius 1 is 1.38 bits per heavy atom. The standard InChI is InChI=1S/C19H30N6O/c1-4-7-8-15(10-12-26)22-18-17-16(23-19(20)24-18)9-11-25(17)13-14(5-2)21-6-3/h5-6,9,11,15,26H,4,7-8,10,12-13H2,1-3H3,(H3,20,22,23,24)/b14-5-,21-6?/t15-/m0/s1. The number of hydrogen-bond donors (Lipinski definition) is 3. The molecule has 0 saturated heterocycles. The van der Waals surface area contributed by atoms with E-state index in [-0.39, 0.29) is 18.6 Å². The maximum absolute atomic E-state index is 9.38. The zero-order valence-corrected chi connectivity index (χ0v) is 15.9. The lowest BCUT2D eigenvalue weighted by molar-refractivity contribution is 0.276. The monoisotopic (exact) mass is 358 g/mol. The molecule has 0 amide bonds. The average Bonchev–Trinajstić information content (AvgIpc) is 3.02. The van der Waals surface area contributed by atoms with Crippen molar-refractivity contribution >= 4 is 29.0 Å². The summed E-state index contributed by atoms with van der Waals surface area (Å²) in [7, 11) is 0. The van der Waals surface area contributed by atoms with Gasteiger partial charge in [-0.1, -0.05) is 25.8 Å². The normalized spacial score (nSPS) is 13.6. The number of hydrogen-bond acceptors (Lipinski definition) is 6. The zero-order valence-electron chi connectivity index (χ0n) is 15.9. The van der Waals surface area contributed by atoms with Crippen LogP contribution in [-0.2, 0) is 6.54 Å². The van der Waals surface area contributed by atoms with Gasteiger partial charge in [0.15, 0.2) is 5.82 Å². The van der Waals surface area contributed by atoms with Gasteiger partial charge in [-0.25, -0.2) is 4.98 Å². The van der Waals surface area contributed by atoms with Crippen molar-refractivity contribution in [1.29, 1.82) is 0 Å². The van der Waals surface area contributed by atoms with Gasteiger partial charge in [0.05, 0.1) is 17.8 Å². The summed E-state index contributed by atoms with van der Waals surface area (Å²) in [5.41, 5.74) is 8.57. The van der Waals surface area contributed by atoms with E-state index in [2.05, 4.69) is 31.8 Å². The van der Waals surface area contributed by atoms with Crippen LogP contribution >= 0.6 is 0 Å². The van der Waals surface area contributed by atoms with Gasteiger partial charge < -0.3 is 20.7 Å². The maximum atomic E-state index is 9.38. The number of nitrogens with zero attached hydrogens (tertiary/aromatic N) is 4. The third kappa shape index (κ3) is 5.05. The molecular formula is C19H30N6O. The number of aliphatic imine (C=N–C) groups is 1. The first-order valence-corrected chi connectivity index (χ1v) is 9.26. The zero-order chi connectivity index (χ0) is 18.9. The maximum Gasteiger partial charge on any atom is 0.222 e. The number of allylic oxidation sites excluding steroid dienone is 2. The molecule has 26 heavy (non-hydrogen) atoms. The minimum atomic E-state index is 0.139. The van der Waals surface area contributed by atoms with Gasteiger partial charge in [0.1, 0.15) is 5.52 Å². The number of nitrogens with one attached hydrogen (secondary N) is 1. The molecule has 2 aromatic rings. The molecular weight excluding hydrogens is 328 g/mol. The predicted octanol–water partition coefficient (Wildman–Crippen LogP) is 3.36. The van der Waals surface area contributed by atoms with Gasteiger partial charge in [0.2, 0.25) is 5.95 Å². The van der Waals surface area contributed by atoms with Crippen molar-refractivity contribution in [2.24, 2.45) is 4.99 Å². The van der Waals surface area contributed by atoms with Gasteiger partial charge in [0.25, 0.3) is 0 Å². The number of nitrogen functional groups attached to an aromatic ring is 1. The smallest absolute Gasteiger partial charge is 0.222 e. The summed E-state index contributed by atoms with van der Waals surface area (Å²) < 4.78 is 2.08. The molecule has 0 radical (unpaired) electrons. The average molecular weight is 358 g/mol. The SMILES string of the molecule is CC=N/C(=C\C)Cn1ccc2nc(N)nc(N[C@H](CCO)CCCC)c21. The van der Waals surface area contributed by atoms with Crippen molar-refractivity contribution < 1.29 is 5.11 Å². The molecule has 7 heteroatoms. The van der Waals surface area contributed by atoms with Gasteiger partial charge in [-0.15, -0.1) is 0 Å². The van der Waals surface area contributed by atoms with Gasteiger partial charge in [0, 0.05) is 25.1 Å². The predicted molar refractivity (Wildman–Crippen MR) is 109 cm³/mol. The Bertz CT molecular complexity index is 765. The van der Waals surface area contributed by atoms with E-state index < -0.39 is 0 Å². The fraction of sp³-hybridized carbons (Fsp3) is 0.526. The number of aliphatic hydroxyl groups is 1. The fourth-order valence-electron chi connectivity index (χ4n) is 2.99. The van der Waals surface area contributed by atoms with Crippen LogP contribution in [0.15, 0.2) is 29.0 Å². The lowest BCUT2D eigenvalue weighted by Crippen LogP contribution is -2.22. The van der Waals surface area contributed by atoms with Crippen LogP contribution in [0.3, 0.4) is 0 Å². The molecule has 4 N–H and O–H groups in total. The van der Waals surface area contributed by atoms with E-state index in [0.29, 0.717) is 18.8 Å². The molecule has 0 saturated carbocycles. The first-order chi connectivity index (χ1) is 12.6. The van der Waals surface area contributed by atoms with Crippen molar-refractivity contribution in [3.8, 4) is 0 Å². The second kappa shape index (κ2) is 9.91. The first-order valence-electron chi connectivity index (χ1n) is 9.26. The molecule has 142 valence electrons. The molecule has 2 rings (SSSR count). The number of anilines is 2. The van der Waals surface area contributed by atoms with E-state index in [1.165, 1.54) is 0 Å². The van der Waals surface area contributed by atoms with Crippen molar-refractivity contribution in [3.05, 3.63) is 24.0 Å². The number of rotatable bonds is 10. The summed E-state index contributed by atoms with van der Waals surface area (Å²) in [4.78, 5) is 13.2. The minimum absolute atomic E-state index is 0.139. The number of unbranched alkanes of at least 4 members (excludes halogenated alkanes) is 1. The summed E-state index contributed by atoms with van der Waals surface area (Å²) in [5, 5.41) is 12.9. The molecule has 7 nitrogen and oxygen atoms in total. The molecule has 2 aromatic heterocycles. The van der Waals surface area contributed by atoms with Crippen molar-refractivity contribution in [3.63, 3.8) is 0 Å². The van der Waals surface area contributed by atoms with Crippen molar-refractivity contribution in [2.75, 3.05) is 17.7 Å². The van der Waals surface area contributed by atoms with E-state index >= 15 is 0 Å². The Labute approximate surface area is 155 Å². The Morgan fingerprint density at radius 3 is 2.85 bits per heavy atom. The number of aliphatic hydroxyl groups excluding tert-OH is 1. The summed E-state index contributed by atoms with van der Waals surface area (Å²) in [6.07, 6.45) is 9.61. The first kappa shape index (κ1) is 19.9. The molecule has 0 aliphatic carbocycles. The summed E-state index contributed by atoms with van der Waals surface area (Å²) in [5.74, 6) is 0.955. The molecule has 0 bridgehead atoms. The van der Waals surface area contributed by atoms with E-state index in [4.69, 9.17) is 5.73 Å². The van der Waals surface area contributed by atoms with Crippen LogP contribution in [0.1, 0.15) is 46.5 Å². The Kier molecular flexibility index (Phi) is 7.59. The van der Waals surface area contributed by atoms with Crippen LogP contribution in [0.25, 0.3) is 11.0 Å². The minimum Gasteiger partial charge on any atom is -0.396 e. The van der Waals surface area contributed by atoms with E-state index in [0.717, 1.165) is 36.0 Å². The summed E-state index contributed by atoms with van der Waals surface area (Å²) in [6.45, 7) is 6.81. The number of fused-ring (bicyclic) bond motifs is 1. The van der Waals surface area contributed by atoms with Crippen LogP contribution in [-0.4, -0.2) is 38.5 Å². The third-order valence-electron chi connectivity index (χ3n) is 4.31. The molecule has 0 spiro atoms. The lowest BCUT2D eigenvalue weighted by atomic mass is 10.1. The topological polar surface area (TPSA) is 101 Å². The van der Waals surface area contributed by atoms with Crippen LogP contribution in [0, 0.1) is 0 Å². The summed E-state index contributed by atoms with van der Waals surface area (Å²) in [6, 6.07) is 2.09. The Hall–Kier alpha value is -2.41. The van der Waals surface area contributed by atoms with E-state index in [9.17, 15) is 5.11 Å². The molecule has 1 atom stereocenters. The van der Waals surface area contributed by atoms with Crippen LogP contribution in [0.2, 0.25) is 0 Å². The molecule has 0 aliphatic rings. The number of nitrogens with two attached hydrogens (primary N) is 1. The highest BCUT2D eigenvalue weighted by Crippen LogP contribution is 2.25. The molecule has 0 aromatic carbocycles. The van der Waals surface area contributed by atoms with Crippen LogP contribution in [0.5, 0.6) is 0 Å². The van der Waals surface area contributed by atoms with Gasteiger partial charge >= 0.3 is 0 Å². The van der Waals surface area contributed by atoms with Crippen molar-refractivity contribution in [2.45, 2.75) is 59.0 Å².